The Morgan fingerprint density at radius 2 is 1.74 bits per heavy atom. The van der Waals surface area contributed by atoms with E-state index in [1.165, 1.54) is 24.3 Å². The second kappa shape index (κ2) is 7.15. The predicted octanol–water partition coefficient (Wildman–Crippen LogP) is 3.37. The van der Waals surface area contributed by atoms with E-state index in [2.05, 4.69) is 5.32 Å². The van der Waals surface area contributed by atoms with Crippen LogP contribution in [0.4, 0.5) is 11.4 Å². The summed E-state index contributed by atoms with van der Waals surface area (Å²) < 4.78 is 25.2. The fourth-order valence-corrected chi connectivity index (χ4v) is 4.96. The third kappa shape index (κ3) is 3.73. The molecule has 0 radical (unpaired) electrons. The number of sulfonamides is 1. The summed E-state index contributed by atoms with van der Waals surface area (Å²) >= 11 is 0. The normalized spacial score (nSPS) is 18.7. The van der Waals surface area contributed by atoms with Gasteiger partial charge in [0.05, 0.1) is 17.4 Å². The quantitative estimate of drug-likeness (QED) is 0.873. The minimum Gasteiger partial charge on any atom is -0.322 e. The van der Waals surface area contributed by atoms with Crippen LogP contribution >= 0.6 is 0 Å². The zero-order chi connectivity index (χ0) is 19.8. The third-order valence-electron chi connectivity index (χ3n) is 4.56. The molecule has 27 heavy (non-hydrogen) atoms. The van der Waals surface area contributed by atoms with Gasteiger partial charge in [-0.3, -0.25) is 9.59 Å². The molecule has 1 heterocycles. The summed E-state index contributed by atoms with van der Waals surface area (Å²) in [5, 5.41) is 2.89. The first kappa shape index (κ1) is 19.1. The van der Waals surface area contributed by atoms with Crippen LogP contribution in [0, 0.1) is 5.92 Å². The molecule has 3 rings (SSSR count). The van der Waals surface area contributed by atoms with Crippen molar-refractivity contribution < 1.29 is 18.0 Å². The summed E-state index contributed by atoms with van der Waals surface area (Å²) in [4.78, 5) is 24.7. The standard InChI is InChI=1S/C20H22N2O4S/c1-13(2)17-6-4-5-7-18(17)21-19(23)15-8-10-16(11-9-15)22-20(24)14(3)12-27(22,25)26/h4-11,13-14H,12H2,1-3H3,(H,21,23)/t14-/m1/s1. The number of amides is 2. The highest BCUT2D eigenvalue weighted by Crippen LogP contribution is 2.29. The fraction of sp³-hybridized carbons (Fsp3) is 0.300. The van der Waals surface area contributed by atoms with E-state index < -0.39 is 21.8 Å². The van der Waals surface area contributed by atoms with Crippen molar-refractivity contribution in [2.45, 2.75) is 26.7 Å². The molecule has 2 aromatic rings. The summed E-state index contributed by atoms with van der Waals surface area (Å²) in [7, 11) is -3.65. The van der Waals surface area contributed by atoms with Gasteiger partial charge in [0.15, 0.2) is 0 Å². The maximum Gasteiger partial charge on any atom is 0.255 e. The van der Waals surface area contributed by atoms with E-state index in [4.69, 9.17) is 0 Å². The highest BCUT2D eigenvalue weighted by atomic mass is 32.2. The lowest BCUT2D eigenvalue weighted by Crippen LogP contribution is -2.30. The van der Waals surface area contributed by atoms with Crippen molar-refractivity contribution in [1.82, 2.24) is 0 Å². The van der Waals surface area contributed by atoms with E-state index in [9.17, 15) is 18.0 Å². The average Bonchev–Trinajstić information content (AvgIpc) is 2.82. The number of nitrogens with one attached hydrogen (secondary N) is 1. The van der Waals surface area contributed by atoms with Crippen molar-refractivity contribution in [3.05, 3.63) is 59.7 Å². The van der Waals surface area contributed by atoms with Gasteiger partial charge in [0, 0.05) is 11.3 Å². The van der Waals surface area contributed by atoms with Crippen LogP contribution < -0.4 is 9.62 Å². The molecule has 7 heteroatoms. The van der Waals surface area contributed by atoms with Crippen LogP contribution in [-0.4, -0.2) is 26.0 Å². The number of rotatable bonds is 4. The molecule has 0 bridgehead atoms. The lowest BCUT2D eigenvalue weighted by molar-refractivity contribution is -0.119. The van der Waals surface area contributed by atoms with E-state index in [0.717, 1.165) is 15.6 Å². The van der Waals surface area contributed by atoms with E-state index in [1.807, 2.05) is 38.1 Å². The molecule has 0 saturated carbocycles. The van der Waals surface area contributed by atoms with Crippen LogP contribution in [-0.2, 0) is 14.8 Å². The van der Waals surface area contributed by atoms with E-state index in [0.29, 0.717) is 5.56 Å². The molecule has 0 aliphatic carbocycles. The number of hydrogen-bond donors (Lipinski definition) is 1. The number of benzene rings is 2. The Kier molecular flexibility index (Phi) is 5.06. The van der Waals surface area contributed by atoms with Gasteiger partial charge in [-0.1, -0.05) is 39.0 Å². The van der Waals surface area contributed by atoms with Crippen molar-refractivity contribution in [3.63, 3.8) is 0 Å². The second-order valence-electron chi connectivity index (χ2n) is 7.03. The first-order chi connectivity index (χ1) is 12.7. The fourth-order valence-electron chi connectivity index (χ4n) is 3.14. The molecular formula is C20H22N2O4S. The molecule has 2 amide bonds. The van der Waals surface area contributed by atoms with Gasteiger partial charge < -0.3 is 5.32 Å². The number of carbonyl (C=O) groups is 2. The molecular weight excluding hydrogens is 364 g/mol. The number of para-hydroxylation sites is 1. The Hall–Kier alpha value is -2.67. The molecule has 142 valence electrons. The average molecular weight is 386 g/mol. The lowest BCUT2D eigenvalue weighted by Gasteiger charge is -2.16. The van der Waals surface area contributed by atoms with Gasteiger partial charge in [0.2, 0.25) is 15.9 Å². The highest BCUT2D eigenvalue weighted by molar-refractivity contribution is 7.94. The van der Waals surface area contributed by atoms with Gasteiger partial charge in [-0.25, -0.2) is 12.7 Å². The second-order valence-corrected chi connectivity index (χ2v) is 8.89. The van der Waals surface area contributed by atoms with Gasteiger partial charge in [-0.15, -0.1) is 0 Å². The van der Waals surface area contributed by atoms with Crippen molar-refractivity contribution in [2.75, 3.05) is 15.4 Å². The van der Waals surface area contributed by atoms with Crippen LogP contribution in [0.25, 0.3) is 0 Å². The van der Waals surface area contributed by atoms with Crippen LogP contribution in [0.15, 0.2) is 48.5 Å². The summed E-state index contributed by atoms with van der Waals surface area (Å²) in [6, 6.07) is 13.6. The number of carbonyl (C=O) groups excluding carboxylic acids is 2. The summed E-state index contributed by atoms with van der Waals surface area (Å²) in [5.74, 6) is -1.24. The summed E-state index contributed by atoms with van der Waals surface area (Å²) in [6.07, 6.45) is 0. The van der Waals surface area contributed by atoms with Crippen molar-refractivity contribution >= 4 is 33.2 Å². The van der Waals surface area contributed by atoms with E-state index in [-0.39, 0.29) is 23.3 Å². The van der Waals surface area contributed by atoms with Gasteiger partial charge >= 0.3 is 0 Å². The molecule has 0 aromatic heterocycles. The minimum atomic E-state index is -3.65. The third-order valence-corrected chi connectivity index (χ3v) is 6.42. The Morgan fingerprint density at radius 3 is 2.30 bits per heavy atom. The van der Waals surface area contributed by atoms with Crippen molar-refractivity contribution in [3.8, 4) is 0 Å². The Balaban J connectivity index is 1.82. The molecule has 1 aliphatic rings. The molecule has 0 spiro atoms. The predicted molar refractivity (Wildman–Crippen MR) is 105 cm³/mol. The minimum absolute atomic E-state index is 0.194. The number of anilines is 2. The zero-order valence-electron chi connectivity index (χ0n) is 15.5. The Bertz CT molecular complexity index is 981. The monoisotopic (exact) mass is 386 g/mol. The van der Waals surface area contributed by atoms with Crippen molar-refractivity contribution in [2.24, 2.45) is 5.92 Å². The molecule has 6 nitrogen and oxygen atoms in total. The molecule has 1 atom stereocenters. The van der Waals surface area contributed by atoms with Crippen LogP contribution in [0.1, 0.15) is 42.6 Å². The smallest absolute Gasteiger partial charge is 0.255 e. The molecule has 1 N–H and O–H groups in total. The molecule has 2 aromatic carbocycles. The SMILES string of the molecule is CC(C)c1ccccc1NC(=O)c1ccc(N2C(=O)[C@H](C)CS2(=O)=O)cc1. The maximum atomic E-state index is 12.6. The largest absolute Gasteiger partial charge is 0.322 e. The first-order valence-electron chi connectivity index (χ1n) is 8.78. The Labute approximate surface area is 159 Å². The van der Waals surface area contributed by atoms with Gasteiger partial charge in [0.1, 0.15) is 0 Å². The van der Waals surface area contributed by atoms with E-state index in [1.54, 1.807) is 6.92 Å². The van der Waals surface area contributed by atoms with Crippen LogP contribution in [0.5, 0.6) is 0 Å². The Morgan fingerprint density at radius 1 is 1.11 bits per heavy atom. The molecule has 1 aliphatic heterocycles. The van der Waals surface area contributed by atoms with Gasteiger partial charge in [-0.05, 0) is 41.8 Å². The van der Waals surface area contributed by atoms with Gasteiger partial charge in [-0.2, -0.15) is 0 Å². The molecule has 0 unspecified atom stereocenters. The summed E-state index contributed by atoms with van der Waals surface area (Å²) in [6.45, 7) is 5.69. The lowest BCUT2D eigenvalue weighted by atomic mass is 10.0. The highest BCUT2D eigenvalue weighted by Gasteiger charge is 2.41. The number of nitrogens with zero attached hydrogens (tertiary/aromatic N) is 1. The van der Waals surface area contributed by atoms with Crippen molar-refractivity contribution in [1.29, 1.82) is 0 Å². The van der Waals surface area contributed by atoms with Crippen LogP contribution in [0.2, 0.25) is 0 Å². The molecule has 1 fully saturated rings. The van der Waals surface area contributed by atoms with Gasteiger partial charge in [0.25, 0.3) is 5.91 Å². The number of hydrogen-bond acceptors (Lipinski definition) is 4. The summed E-state index contributed by atoms with van der Waals surface area (Å²) in [5.41, 5.74) is 2.41. The zero-order valence-corrected chi connectivity index (χ0v) is 16.3. The topological polar surface area (TPSA) is 83.6 Å². The first-order valence-corrected chi connectivity index (χ1v) is 10.4. The molecule has 1 saturated heterocycles. The van der Waals surface area contributed by atoms with E-state index >= 15 is 0 Å². The van der Waals surface area contributed by atoms with Crippen LogP contribution in [0.3, 0.4) is 0 Å². The maximum absolute atomic E-state index is 12.6.